The van der Waals surface area contributed by atoms with Crippen molar-refractivity contribution >= 4 is 31.5 Å². The van der Waals surface area contributed by atoms with Gasteiger partial charge in [0.15, 0.2) is 11.5 Å². The van der Waals surface area contributed by atoms with Crippen molar-refractivity contribution < 1.29 is 26.3 Å². The minimum absolute atomic E-state index is 0.0283. The van der Waals surface area contributed by atoms with Crippen molar-refractivity contribution in [3.63, 3.8) is 0 Å². The number of ether oxygens (including phenoxy) is 2. The van der Waals surface area contributed by atoms with Crippen molar-refractivity contribution in [1.82, 2.24) is 4.72 Å². The van der Waals surface area contributed by atoms with E-state index in [0.717, 1.165) is 5.56 Å². The molecule has 3 aromatic rings. The molecule has 7 nitrogen and oxygen atoms in total. The summed E-state index contributed by atoms with van der Waals surface area (Å²) in [6.07, 6.45) is 0.404. The summed E-state index contributed by atoms with van der Waals surface area (Å²) >= 11 is 5.84. The number of nitrogens with one attached hydrogen (secondary N) is 1. The van der Waals surface area contributed by atoms with Gasteiger partial charge in [0.2, 0.25) is 19.9 Å². The molecule has 176 valence electrons. The standard InChI is InChI=1S/C23H24ClNO6S2/c1-16-4-8-20(32(26,27)19-9-6-18(24)7-10-19)15-23(16)33(28,29)25-13-12-17-5-11-21(30-2)22(14-17)31-3/h4-11,14-15,25H,12-13H2,1-3H3. The third-order valence-corrected chi connectivity index (χ3v) is 8.66. The number of hydrogen-bond acceptors (Lipinski definition) is 6. The second-order valence-electron chi connectivity index (χ2n) is 7.22. The van der Waals surface area contributed by atoms with Gasteiger partial charge >= 0.3 is 0 Å². The zero-order chi connectivity index (χ0) is 24.2. The van der Waals surface area contributed by atoms with Gasteiger partial charge in [0.25, 0.3) is 0 Å². The highest BCUT2D eigenvalue weighted by atomic mass is 35.5. The Morgan fingerprint density at radius 1 is 0.818 bits per heavy atom. The van der Waals surface area contributed by atoms with Crippen molar-refractivity contribution in [2.45, 2.75) is 28.0 Å². The smallest absolute Gasteiger partial charge is 0.240 e. The van der Waals surface area contributed by atoms with Crippen LogP contribution in [0, 0.1) is 6.92 Å². The largest absolute Gasteiger partial charge is 0.493 e. The minimum Gasteiger partial charge on any atom is -0.493 e. The lowest BCUT2D eigenvalue weighted by molar-refractivity contribution is 0.354. The summed E-state index contributed by atoms with van der Waals surface area (Å²) in [5.74, 6) is 1.13. The third kappa shape index (κ3) is 5.67. The van der Waals surface area contributed by atoms with Gasteiger partial charge in [-0.1, -0.05) is 23.7 Å². The molecule has 0 atom stereocenters. The molecule has 0 radical (unpaired) electrons. The van der Waals surface area contributed by atoms with Crippen molar-refractivity contribution in [2.24, 2.45) is 0 Å². The van der Waals surface area contributed by atoms with Crippen LogP contribution in [-0.2, 0) is 26.3 Å². The summed E-state index contributed by atoms with van der Waals surface area (Å²) in [5, 5.41) is 0.403. The molecule has 0 unspecified atom stereocenters. The molecule has 0 aliphatic carbocycles. The Bertz CT molecular complexity index is 1350. The van der Waals surface area contributed by atoms with Crippen molar-refractivity contribution in [3.8, 4) is 11.5 Å². The second kappa shape index (κ2) is 10.1. The maximum atomic E-state index is 13.0. The van der Waals surface area contributed by atoms with Crippen LogP contribution in [0.15, 0.2) is 75.4 Å². The first kappa shape index (κ1) is 25.0. The highest BCUT2D eigenvalue weighted by Crippen LogP contribution is 2.28. The predicted octanol–water partition coefficient (Wildman–Crippen LogP) is 4.02. The van der Waals surface area contributed by atoms with E-state index in [1.54, 1.807) is 19.1 Å². The van der Waals surface area contributed by atoms with Crippen LogP contribution in [0.2, 0.25) is 5.02 Å². The Morgan fingerprint density at radius 2 is 1.45 bits per heavy atom. The molecule has 0 saturated heterocycles. The van der Waals surface area contributed by atoms with Gasteiger partial charge in [-0.25, -0.2) is 21.6 Å². The molecule has 10 heteroatoms. The summed E-state index contributed by atoms with van der Waals surface area (Å²) in [5.41, 5.74) is 1.29. The summed E-state index contributed by atoms with van der Waals surface area (Å²) < 4.78 is 64.9. The first-order valence-corrected chi connectivity index (χ1v) is 13.2. The average molecular weight is 510 g/mol. The summed E-state index contributed by atoms with van der Waals surface area (Å²) in [4.78, 5) is -0.180. The maximum absolute atomic E-state index is 13.0. The number of sulfonamides is 1. The first-order valence-electron chi connectivity index (χ1n) is 9.90. The average Bonchev–Trinajstić information content (AvgIpc) is 2.79. The molecule has 3 rings (SSSR count). The molecule has 33 heavy (non-hydrogen) atoms. The highest BCUT2D eigenvalue weighted by molar-refractivity contribution is 7.91. The normalized spacial score (nSPS) is 11.9. The molecule has 0 amide bonds. The number of methoxy groups -OCH3 is 2. The fourth-order valence-corrected chi connectivity index (χ4v) is 6.02. The van der Waals surface area contributed by atoms with E-state index >= 15 is 0 Å². The molecule has 0 spiro atoms. The molecule has 1 N–H and O–H groups in total. The number of halogens is 1. The molecule has 0 aliphatic heterocycles. The first-order chi connectivity index (χ1) is 15.6. The third-order valence-electron chi connectivity index (χ3n) is 5.04. The predicted molar refractivity (Wildman–Crippen MR) is 127 cm³/mol. The molecular formula is C23H24ClNO6S2. The lowest BCUT2D eigenvalue weighted by Crippen LogP contribution is -2.27. The van der Waals surface area contributed by atoms with Crippen LogP contribution < -0.4 is 14.2 Å². The summed E-state index contributed by atoms with van der Waals surface area (Å²) in [6, 6.07) is 15.1. The number of benzene rings is 3. The van der Waals surface area contributed by atoms with Crippen LogP contribution in [0.25, 0.3) is 0 Å². The molecule has 0 aliphatic rings. The van der Waals surface area contributed by atoms with E-state index in [1.165, 1.54) is 56.7 Å². The Labute approximate surface area is 199 Å². The number of sulfone groups is 1. The van der Waals surface area contributed by atoms with E-state index in [9.17, 15) is 16.8 Å². The molecule has 0 aromatic heterocycles. The van der Waals surface area contributed by atoms with Crippen LogP contribution in [0.3, 0.4) is 0 Å². The number of aryl methyl sites for hydroxylation is 1. The van der Waals surface area contributed by atoms with Gasteiger partial charge in [-0.05, 0) is 73.0 Å². The summed E-state index contributed by atoms with van der Waals surface area (Å²) in [7, 11) is -4.80. The lowest BCUT2D eigenvalue weighted by Gasteiger charge is -2.13. The Kier molecular flexibility index (Phi) is 7.69. The van der Waals surface area contributed by atoms with E-state index < -0.39 is 19.9 Å². The van der Waals surface area contributed by atoms with Gasteiger partial charge in [-0.3, -0.25) is 0 Å². The van der Waals surface area contributed by atoms with Gasteiger partial charge in [-0.15, -0.1) is 0 Å². The van der Waals surface area contributed by atoms with Crippen molar-refractivity contribution in [1.29, 1.82) is 0 Å². The maximum Gasteiger partial charge on any atom is 0.240 e. The highest BCUT2D eigenvalue weighted by Gasteiger charge is 2.23. The zero-order valence-electron chi connectivity index (χ0n) is 18.3. The van der Waals surface area contributed by atoms with Crippen LogP contribution in [0.1, 0.15) is 11.1 Å². The van der Waals surface area contributed by atoms with Gasteiger partial charge in [0.05, 0.1) is 28.9 Å². The topological polar surface area (TPSA) is 98.8 Å². The molecule has 0 heterocycles. The van der Waals surface area contributed by atoms with Gasteiger partial charge in [0.1, 0.15) is 0 Å². The Hall–Kier alpha value is -2.59. The Balaban J connectivity index is 1.81. The van der Waals surface area contributed by atoms with E-state index in [4.69, 9.17) is 21.1 Å². The van der Waals surface area contributed by atoms with Crippen LogP contribution >= 0.6 is 11.6 Å². The quantitative estimate of drug-likeness (QED) is 0.467. The van der Waals surface area contributed by atoms with E-state index in [-0.39, 0.29) is 21.2 Å². The van der Waals surface area contributed by atoms with Gasteiger partial charge in [0, 0.05) is 11.6 Å². The fraction of sp³-hybridized carbons (Fsp3) is 0.217. The van der Waals surface area contributed by atoms with E-state index in [1.807, 2.05) is 6.07 Å². The van der Waals surface area contributed by atoms with Crippen LogP contribution in [0.5, 0.6) is 11.5 Å². The fourth-order valence-electron chi connectivity index (χ4n) is 3.23. The minimum atomic E-state index is -3.95. The molecule has 0 bridgehead atoms. The van der Waals surface area contributed by atoms with E-state index in [0.29, 0.717) is 28.5 Å². The van der Waals surface area contributed by atoms with Crippen LogP contribution in [0.4, 0.5) is 0 Å². The van der Waals surface area contributed by atoms with Crippen molar-refractivity contribution in [3.05, 3.63) is 76.8 Å². The van der Waals surface area contributed by atoms with E-state index in [2.05, 4.69) is 4.72 Å². The lowest BCUT2D eigenvalue weighted by atomic mass is 10.1. The second-order valence-corrected chi connectivity index (χ2v) is 11.3. The summed E-state index contributed by atoms with van der Waals surface area (Å²) in [6.45, 7) is 1.73. The Morgan fingerprint density at radius 3 is 2.09 bits per heavy atom. The molecule has 3 aromatic carbocycles. The molecular weight excluding hydrogens is 486 g/mol. The van der Waals surface area contributed by atoms with Gasteiger partial charge in [-0.2, -0.15) is 0 Å². The van der Waals surface area contributed by atoms with Gasteiger partial charge < -0.3 is 9.47 Å². The number of hydrogen-bond donors (Lipinski definition) is 1. The van der Waals surface area contributed by atoms with Crippen LogP contribution in [-0.4, -0.2) is 37.6 Å². The zero-order valence-corrected chi connectivity index (χ0v) is 20.7. The SMILES string of the molecule is COc1ccc(CCNS(=O)(=O)c2cc(S(=O)(=O)c3ccc(Cl)cc3)ccc2C)cc1OC. The molecule has 0 saturated carbocycles. The monoisotopic (exact) mass is 509 g/mol. The molecule has 0 fully saturated rings. The number of rotatable bonds is 9. The van der Waals surface area contributed by atoms with Crippen molar-refractivity contribution in [2.75, 3.05) is 20.8 Å².